The van der Waals surface area contributed by atoms with Gasteiger partial charge in [-0.15, -0.1) is 0 Å². The molecule has 1 fully saturated rings. The molecular formula is C14H21N3O. The Morgan fingerprint density at radius 3 is 2.44 bits per heavy atom. The van der Waals surface area contributed by atoms with Crippen LogP contribution in [-0.2, 0) is 0 Å². The standard InChI is InChI=1S/C14H21N3O/c1-9-4-3-5-10(2)17(9)13-7-6-11(15)8-12(13)14(16)18/h6-10H,3-5,15H2,1-2H3,(H2,16,18). The molecule has 1 aliphatic heterocycles. The van der Waals surface area contributed by atoms with Crippen molar-refractivity contribution in [3.63, 3.8) is 0 Å². The van der Waals surface area contributed by atoms with Crippen molar-refractivity contribution in [2.45, 2.75) is 45.2 Å². The molecule has 2 atom stereocenters. The summed E-state index contributed by atoms with van der Waals surface area (Å²) >= 11 is 0. The van der Waals surface area contributed by atoms with Crippen LogP contribution in [0.4, 0.5) is 11.4 Å². The van der Waals surface area contributed by atoms with Gasteiger partial charge in [-0.05, 0) is 51.3 Å². The van der Waals surface area contributed by atoms with Gasteiger partial charge < -0.3 is 16.4 Å². The summed E-state index contributed by atoms with van der Waals surface area (Å²) in [6, 6.07) is 6.26. The molecule has 2 rings (SSSR count). The second kappa shape index (κ2) is 4.88. The molecule has 4 N–H and O–H groups in total. The van der Waals surface area contributed by atoms with Crippen molar-refractivity contribution in [1.29, 1.82) is 0 Å². The van der Waals surface area contributed by atoms with Crippen molar-refractivity contribution in [1.82, 2.24) is 0 Å². The van der Waals surface area contributed by atoms with Crippen LogP contribution >= 0.6 is 0 Å². The molecule has 0 saturated carbocycles. The highest BCUT2D eigenvalue weighted by Gasteiger charge is 2.27. The minimum Gasteiger partial charge on any atom is -0.399 e. The molecule has 1 amide bonds. The van der Waals surface area contributed by atoms with Crippen LogP contribution in [0.2, 0.25) is 0 Å². The lowest BCUT2D eigenvalue weighted by molar-refractivity contribution is 0.100. The SMILES string of the molecule is CC1CCCC(C)N1c1ccc(N)cc1C(N)=O. The van der Waals surface area contributed by atoms with Crippen molar-refractivity contribution in [2.24, 2.45) is 5.73 Å². The van der Waals surface area contributed by atoms with Crippen LogP contribution in [0.3, 0.4) is 0 Å². The Hall–Kier alpha value is -1.71. The molecule has 0 aromatic heterocycles. The molecule has 0 bridgehead atoms. The predicted octanol–water partition coefficient (Wildman–Crippen LogP) is 2.14. The monoisotopic (exact) mass is 247 g/mol. The fourth-order valence-corrected chi connectivity index (χ4v) is 2.87. The Balaban J connectivity index is 2.45. The number of anilines is 2. The van der Waals surface area contributed by atoms with Crippen LogP contribution in [0.5, 0.6) is 0 Å². The highest BCUT2D eigenvalue weighted by Crippen LogP contribution is 2.32. The van der Waals surface area contributed by atoms with Crippen LogP contribution in [0.15, 0.2) is 18.2 Å². The minimum atomic E-state index is -0.415. The molecule has 4 heteroatoms. The normalized spacial score (nSPS) is 24.0. The van der Waals surface area contributed by atoms with E-state index in [2.05, 4.69) is 18.7 Å². The number of carbonyl (C=O) groups excluding carboxylic acids is 1. The van der Waals surface area contributed by atoms with E-state index in [0.717, 1.165) is 18.5 Å². The average molecular weight is 247 g/mol. The van der Waals surface area contributed by atoms with Gasteiger partial charge in [0.05, 0.1) is 11.3 Å². The number of benzene rings is 1. The lowest BCUT2D eigenvalue weighted by Gasteiger charge is -2.41. The first kappa shape index (κ1) is 12.7. The largest absolute Gasteiger partial charge is 0.399 e. The Kier molecular flexibility index (Phi) is 3.45. The maximum atomic E-state index is 11.6. The van der Waals surface area contributed by atoms with Gasteiger partial charge in [0.2, 0.25) is 0 Å². The van der Waals surface area contributed by atoms with Gasteiger partial charge in [0, 0.05) is 17.8 Å². The molecule has 18 heavy (non-hydrogen) atoms. The van der Waals surface area contributed by atoms with E-state index in [4.69, 9.17) is 11.5 Å². The smallest absolute Gasteiger partial charge is 0.250 e. The fourth-order valence-electron chi connectivity index (χ4n) is 2.87. The lowest BCUT2D eigenvalue weighted by Crippen LogP contribution is -2.44. The van der Waals surface area contributed by atoms with Crippen LogP contribution in [0.25, 0.3) is 0 Å². The topological polar surface area (TPSA) is 72.3 Å². The van der Waals surface area contributed by atoms with E-state index in [1.54, 1.807) is 6.07 Å². The van der Waals surface area contributed by atoms with Gasteiger partial charge in [0.25, 0.3) is 5.91 Å². The van der Waals surface area contributed by atoms with E-state index in [-0.39, 0.29) is 0 Å². The lowest BCUT2D eigenvalue weighted by atomic mass is 9.95. The third-order valence-corrected chi connectivity index (χ3v) is 3.76. The molecule has 98 valence electrons. The number of carbonyl (C=O) groups is 1. The summed E-state index contributed by atoms with van der Waals surface area (Å²) < 4.78 is 0. The predicted molar refractivity (Wildman–Crippen MR) is 74.6 cm³/mol. The van der Waals surface area contributed by atoms with Crippen LogP contribution < -0.4 is 16.4 Å². The van der Waals surface area contributed by atoms with Gasteiger partial charge in [-0.2, -0.15) is 0 Å². The fraction of sp³-hybridized carbons (Fsp3) is 0.500. The first-order valence-electron chi connectivity index (χ1n) is 6.48. The molecule has 4 nitrogen and oxygen atoms in total. The van der Waals surface area contributed by atoms with Gasteiger partial charge in [-0.25, -0.2) is 0 Å². The Bertz CT molecular complexity index is 448. The summed E-state index contributed by atoms with van der Waals surface area (Å²) in [5.74, 6) is -0.415. The number of hydrogen-bond acceptors (Lipinski definition) is 3. The highest BCUT2D eigenvalue weighted by molar-refractivity contribution is 5.99. The second-order valence-electron chi connectivity index (χ2n) is 5.18. The third kappa shape index (κ3) is 2.28. The van der Waals surface area contributed by atoms with Crippen molar-refractivity contribution in [3.05, 3.63) is 23.8 Å². The van der Waals surface area contributed by atoms with Gasteiger partial charge in [-0.1, -0.05) is 0 Å². The summed E-state index contributed by atoms with van der Waals surface area (Å²) in [6.07, 6.45) is 3.53. The van der Waals surface area contributed by atoms with E-state index in [1.165, 1.54) is 6.42 Å². The molecule has 0 aliphatic carbocycles. The Morgan fingerprint density at radius 2 is 1.89 bits per heavy atom. The molecular weight excluding hydrogens is 226 g/mol. The van der Waals surface area contributed by atoms with E-state index >= 15 is 0 Å². The highest BCUT2D eigenvalue weighted by atomic mass is 16.1. The van der Waals surface area contributed by atoms with Gasteiger partial charge in [0.15, 0.2) is 0 Å². The first-order valence-corrected chi connectivity index (χ1v) is 6.48. The number of nitrogens with two attached hydrogens (primary N) is 2. The van der Waals surface area contributed by atoms with Crippen LogP contribution in [-0.4, -0.2) is 18.0 Å². The van der Waals surface area contributed by atoms with Crippen molar-refractivity contribution < 1.29 is 4.79 Å². The summed E-state index contributed by atoms with van der Waals surface area (Å²) in [5.41, 5.74) is 13.2. The summed E-state index contributed by atoms with van der Waals surface area (Å²) in [4.78, 5) is 13.9. The van der Waals surface area contributed by atoms with E-state index in [1.807, 2.05) is 12.1 Å². The molecule has 0 radical (unpaired) electrons. The molecule has 1 saturated heterocycles. The van der Waals surface area contributed by atoms with Crippen LogP contribution in [0, 0.1) is 0 Å². The zero-order chi connectivity index (χ0) is 13.3. The first-order chi connectivity index (χ1) is 8.50. The van der Waals surface area contributed by atoms with Crippen molar-refractivity contribution in [3.8, 4) is 0 Å². The van der Waals surface area contributed by atoms with Crippen molar-refractivity contribution >= 4 is 17.3 Å². The van der Waals surface area contributed by atoms with Gasteiger partial charge in [0.1, 0.15) is 0 Å². The zero-order valence-corrected chi connectivity index (χ0v) is 11.0. The average Bonchev–Trinajstić information content (AvgIpc) is 2.30. The maximum Gasteiger partial charge on any atom is 0.250 e. The van der Waals surface area contributed by atoms with Crippen molar-refractivity contribution in [2.75, 3.05) is 10.6 Å². The van der Waals surface area contributed by atoms with E-state index in [0.29, 0.717) is 23.3 Å². The van der Waals surface area contributed by atoms with Crippen LogP contribution in [0.1, 0.15) is 43.5 Å². The second-order valence-corrected chi connectivity index (χ2v) is 5.18. The number of nitrogens with zero attached hydrogens (tertiary/aromatic N) is 1. The van der Waals surface area contributed by atoms with Gasteiger partial charge in [-0.3, -0.25) is 4.79 Å². The third-order valence-electron chi connectivity index (χ3n) is 3.76. The Labute approximate surface area is 108 Å². The molecule has 1 aromatic carbocycles. The summed E-state index contributed by atoms with van der Waals surface area (Å²) in [7, 11) is 0. The molecule has 1 aromatic rings. The number of piperidine rings is 1. The van der Waals surface area contributed by atoms with E-state index in [9.17, 15) is 4.79 Å². The minimum absolute atomic E-state index is 0.415. The maximum absolute atomic E-state index is 11.6. The number of hydrogen-bond donors (Lipinski definition) is 2. The molecule has 1 aliphatic rings. The molecule has 2 unspecified atom stereocenters. The number of amides is 1. The molecule has 0 spiro atoms. The number of rotatable bonds is 2. The number of primary amides is 1. The Morgan fingerprint density at radius 1 is 1.28 bits per heavy atom. The summed E-state index contributed by atoms with van der Waals surface area (Å²) in [6.45, 7) is 4.38. The zero-order valence-electron chi connectivity index (χ0n) is 11.0. The van der Waals surface area contributed by atoms with E-state index < -0.39 is 5.91 Å². The molecule has 1 heterocycles. The van der Waals surface area contributed by atoms with Gasteiger partial charge >= 0.3 is 0 Å². The number of nitrogen functional groups attached to an aromatic ring is 1. The summed E-state index contributed by atoms with van der Waals surface area (Å²) in [5, 5.41) is 0. The quantitative estimate of drug-likeness (QED) is 0.786.